The van der Waals surface area contributed by atoms with E-state index in [1.54, 1.807) is 6.21 Å². The van der Waals surface area contributed by atoms with Gasteiger partial charge in [-0.3, -0.25) is 4.79 Å². The molecule has 0 heterocycles. The van der Waals surface area contributed by atoms with Crippen LogP contribution in [0.25, 0.3) is 10.8 Å². The highest BCUT2D eigenvalue weighted by molar-refractivity contribution is 6.08. The second-order valence-corrected chi connectivity index (χ2v) is 6.41. The number of hydrogen-bond donors (Lipinski definition) is 1. The Morgan fingerprint density at radius 3 is 2.50 bits per heavy atom. The Morgan fingerprint density at radius 1 is 1.04 bits per heavy atom. The molecular formula is C22H22N2O2. The Kier molecular flexibility index (Phi) is 5.32. The first-order valence-electron chi connectivity index (χ1n) is 8.63. The van der Waals surface area contributed by atoms with E-state index in [2.05, 4.69) is 10.5 Å². The molecule has 4 nitrogen and oxygen atoms in total. The standard InChI is InChI=1S/C22H22N2O2/c1-15(2)26-19-12-9-17(10-13-19)14-23-24-22(25)21-16(3)8-11-18-6-4-5-7-20(18)21/h4-15H,1-3H3,(H,24,25)/b23-14-. The molecule has 132 valence electrons. The number of hydrazone groups is 1. The van der Waals surface area contributed by atoms with Crippen molar-refractivity contribution in [1.29, 1.82) is 0 Å². The van der Waals surface area contributed by atoms with Gasteiger partial charge in [-0.05, 0) is 66.9 Å². The molecule has 1 N–H and O–H groups in total. The quantitative estimate of drug-likeness (QED) is 0.538. The monoisotopic (exact) mass is 346 g/mol. The van der Waals surface area contributed by atoms with E-state index >= 15 is 0 Å². The Balaban J connectivity index is 1.73. The van der Waals surface area contributed by atoms with E-state index < -0.39 is 0 Å². The van der Waals surface area contributed by atoms with Crippen LogP contribution >= 0.6 is 0 Å². The van der Waals surface area contributed by atoms with Gasteiger partial charge in [0.15, 0.2) is 0 Å². The van der Waals surface area contributed by atoms with Crippen LogP contribution < -0.4 is 10.2 Å². The minimum atomic E-state index is -0.213. The molecule has 3 aromatic carbocycles. The molecule has 0 aliphatic carbocycles. The van der Waals surface area contributed by atoms with Crippen molar-refractivity contribution in [1.82, 2.24) is 5.43 Å². The van der Waals surface area contributed by atoms with Crippen molar-refractivity contribution in [2.45, 2.75) is 26.9 Å². The summed E-state index contributed by atoms with van der Waals surface area (Å²) < 4.78 is 5.61. The third-order valence-electron chi connectivity index (χ3n) is 4.00. The van der Waals surface area contributed by atoms with Crippen molar-refractivity contribution < 1.29 is 9.53 Å². The summed E-state index contributed by atoms with van der Waals surface area (Å²) in [5, 5.41) is 6.05. The molecule has 0 bridgehead atoms. The average molecular weight is 346 g/mol. The number of ether oxygens (including phenoxy) is 1. The predicted octanol–water partition coefficient (Wildman–Crippen LogP) is 4.70. The van der Waals surface area contributed by atoms with Crippen molar-refractivity contribution in [3.63, 3.8) is 0 Å². The molecule has 3 aromatic rings. The number of benzene rings is 3. The van der Waals surface area contributed by atoms with E-state index in [9.17, 15) is 4.79 Å². The number of nitrogens with zero attached hydrogens (tertiary/aromatic N) is 1. The number of rotatable bonds is 5. The summed E-state index contributed by atoms with van der Waals surface area (Å²) in [6, 6.07) is 19.4. The van der Waals surface area contributed by atoms with Gasteiger partial charge in [-0.15, -0.1) is 0 Å². The smallest absolute Gasteiger partial charge is 0.272 e. The van der Waals surface area contributed by atoms with Gasteiger partial charge in [-0.25, -0.2) is 5.43 Å². The Labute approximate surface area is 153 Å². The maximum atomic E-state index is 12.6. The van der Waals surface area contributed by atoms with Gasteiger partial charge < -0.3 is 4.74 Å². The van der Waals surface area contributed by atoms with Crippen molar-refractivity contribution in [3.8, 4) is 5.75 Å². The number of nitrogens with one attached hydrogen (secondary N) is 1. The number of hydrogen-bond acceptors (Lipinski definition) is 3. The van der Waals surface area contributed by atoms with E-state index in [4.69, 9.17) is 4.74 Å². The summed E-state index contributed by atoms with van der Waals surface area (Å²) in [6.45, 7) is 5.90. The lowest BCUT2D eigenvalue weighted by Crippen LogP contribution is -2.19. The number of aryl methyl sites for hydroxylation is 1. The Bertz CT molecular complexity index is 944. The van der Waals surface area contributed by atoms with Crippen LogP contribution in [-0.2, 0) is 0 Å². The van der Waals surface area contributed by atoms with E-state index in [0.717, 1.165) is 27.6 Å². The van der Waals surface area contributed by atoms with Gasteiger partial charge in [-0.1, -0.05) is 36.4 Å². The largest absolute Gasteiger partial charge is 0.491 e. The fourth-order valence-electron chi connectivity index (χ4n) is 2.81. The average Bonchev–Trinajstić information content (AvgIpc) is 2.62. The Morgan fingerprint density at radius 2 is 1.77 bits per heavy atom. The summed E-state index contributed by atoms with van der Waals surface area (Å²) >= 11 is 0. The number of carbonyl (C=O) groups is 1. The number of fused-ring (bicyclic) bond motifs is 1. The Hall–Kier alpha value is -3.14. The fourth-order valence-corrected chi connectivity index (χ4v) is 2.81. The van der Waals surface area contributed by atoms with Gasteiger partial charge in [0.2, 0.25) is 0 Å². The van der Waals surface area contributed by atoms with Crippen LogP contribution in [0.5, 0.6) is 5.75 Å². The molecule has 0 unspecified atom stereocenters. The number of carbonyl (C=O) groups excluding carboxylic acids is 1. The molecule has 4 heteroatoms. The summed E-state index contributed by atoms with van der Waals surface area (Å²) in [7, 11) is 0. The van der Waals surface area contributed by atoms with Gasteiger partial charge in [0.25, 0.3) is 5.91 Å². The van der Waals surface area contributed by atoms with Gasteiger partial charge in [0.1, 0.15) is 5.75 Å². The van der Waals surface area contributed by atoms with E-state index in [0.29, 0.717) is 5.56 Å². The van der Waals surface area contributed by atoms with Crippen molar-refractivity contribution in [2.75, 3.05) is 0 Å². The maximum absolute atomic E-state index is 12.6. The van der Waals surface area contributed by atoms with E-state index in [1.807, 2.05) is 81.4 Å². The molecule has 1 amide bonds. The zero-order valence-electron chi connectivity index (χ0n) is 15.2. The van der Waals surface area contributed by atoms with Crippen LogP contribution in [0.4, 0.5) is 0 Å². The van der Waals surface area contributed by atoms with Crippen LogP contribution in [0.3, 0.4) is 0 Å². The first-order valence-corrected chi connectivity index (χ1v) is 8.63. The topological polar surface area (TPSA) is 50.7 Å². The van der Waals surface area contributed by atoms with Gasteiger partial charge in [0.05, 0.1) is 17.9 Å². The molecular weight excluding hydrogens is 324 g/mol. The maximum Gasteiger partial charge on any atom is 0.272 e. The highest BCUT2D eigenvalue weighted by atomic mass is 16.5. The van der Waals surface area contributed by atoms with Crippen molar-refractivity contribution in [2.24, 2.45) is 5.10 Å². The highest BCUT2D eigenvalue weighted by Crippen LogP contribution is 2.22. The molecule has 0 aromatic heterocycles. The van der Waals surface area contributed by atoms with Crippen molar-refractivity contribution in [3.05, 3.63) is 77.4 Å². The predicted molar refractivity (Wildman–Crippen MR) is 106 cm³/mol. The third-order valence-corrected chi connectivity index (χ3v) is 4.00. The SMILES string of the molecule is Cc1ccc2ccccc2c1C(=O)N/N=C\c1ccc(OC(C)C)cc1. The lowest BCUT2D eigenvalue weighted by Gasteiger charge is -2.09. The van der Waals surface area contributed by atoms with Gasteiger partial charge in [-0.2, -0.15) is 5.10 Å². The minimum absolute atomic E-state index is 0.137. The molecule has 0 saturated heterocycles. The molecule has 26 heavy (non-hydrogen) atoms. The van der Waals surface area contributed by atoms with Crippen molar-refractivity contribution >= 4 is 22.9 Å². The lowest BCUT2D eigenvalue weighted by atomic mass is 9.99. The highest BCUT2D eigenvalue weighted by Gasteiger charge is 2.12. The summed E-state index contributed by atoms with van der Waals surface area (Å²) in [5.74, 6) is 0.600. The molecule has 0 spiro atoms. The second kappa shape index (κ2) is 7.83. The summed E-state index contributed by atoms with van der Waals surface area (Å²) in [5.41, 5.74) is 5.09. The summed E-state index contributed by atoms with van der Waals surface area (Å²) in [4.78, 5) is 12.6. The molecule has 0 aliphatic heterocycles. The molecule has 0 radical (unpaired) electrons. The first kappa shape index (κ1) is 17.7. The molecule has 0 aliphatic rings. The van der Waals surface area contributed by atoms with Crippen LogP contribution in [0.2, 0.25) is 0 Å². The zero-order valence-corrected chi connectivity index (χ0v) is 15.2. The molecule has 0 saturated carbocycles. The third kappa shape index (κ3) is 4.09. The van der Waals surface area contributed by atoms with Crippen LogP contribution in [0, 0.1) is 6.92 Å². The molecule has 0 fully saturated rings. The first-order chi connectivity index (χ1) is 12.5. The fraction of sp³-hybridized carbons (Fsp3) is 0.182. The van der Waals surface area contributed by atoms with Crippen LogP contribution in [-0.4, -0.2) is 18.2 Å². The van der Waals surface area contributed by atoms with E-state index in [1.165, 1.54) is 0 Å². The normalized spacial score (nSPS) is 11.2. The number of amides is 1. The lowest BCUT2D eigenvalue weighted by molar-refractivity contribution is 0.0956. The zero-order chi connectivity index (χ0) is 18.5. The molecule has 3 rings (SSSR count). The van der Waals surface area contributed by atoms with Crippen LogP contribution in [0.1, 0.15) is 35.3 Å². The second-order valence-electron chi connectivity index (χ2n) is 6.41. The molecule has 0 atom stereocenters. The van der Waals surface area contributed by atoms with Gasteiger partial charge in [0, 0.05) is 0 Å². The minimum Gasteiger partial charge on any atom is -0.491 e. The van der Waals surface area contributed by atoms with Crippen LogP contribution in [0.15, 0.2) is 65.8 Å². The van der Waals surface area contributed by atoms with E-state index in [-0.39, 0.29) is 12.0 Å². The van der Waals surface area contributed by atoms with Gasteiger partial charge >= 0.3 is 0 Å². The summed E-state index contributed by atoms with van der Waals surface area (Å²) in [6.07, 6.45) is 1.76.